The molecule has 2 rings (SSSR count). The van der Waals surface area contributed by atoms with Crippen molar-refractivity contribution in [1.29, 1.82) is 0 Å². The molecule has 0 fully saturated rings. The van der Waals surface area contributed by atoms with Gasteiger partial charge in [0.15, 0.2) is 5.82 Å². The van der Waals surface area contributed by atoms with Crippen molar-refractivity contribution < 1.29 is 14.3 Å². The molecule has 0 aliphatic heterocycles. The van der Waals surface area contributed by atoms with E-state index < -0.39 is 11.8 Å². The van der Waals surface area contributed by atoms with E-state index in [1.165, 1.54) is 4.68 Å². The molecule has 0 radical (unpaired) electrons. The van der Waals surface area contributed by atoms with Crippen molar-refractivity contribution >= 4 is 23.2 Å². The Morgan fingerprint density at radius 1 is 1.56 bits per heavy atom. The third-order valence-electron chi connectivity index (χ3n) is 2.35. The number of aryl methyl sites for hydroxylation is 1. The fraction of sp³-hybridized carbons (Fsp3) is 0.0909. The topological polar surface area (TPSA) is 93.2 Å². The third-order valence-corrected chi connectivity index (χ3v) is 2.35. The number of carbonyl (C=O) groups is 1. The lowest BCUT2D eigenvalue weighted by molar-refractivity contribution is 0.0698. The summed E-state index contributed by atoms with van der Waals surface area (Å²) >= 11 is 0. The molecule has 0 bridgehead atoms. The number of rotatable bonds is 3. The van der Waals surface area contributed by atoms with Crippen LogP contribution in [0.25, 0.3) is 0 Å². The van der Waals surface area contributed by atoms with E-state index in [2.05, 4.69) is 10.4 Å². The van der Waals surface area contributed by atoms with Crippen LogP contribution in [-0.2, 0) is 7.05 Å². The molecule has 4 N–H and O–H groups in total. The lowest BCUT2D eigenvalue weighted by Crippen LogP contribution is -2.05. The number of aromatic carboxylic acids is 1. The van der Waals surface area contributed by atoms with E-state index in [0.29, 0.717) is 5.82 Å². The van der Waals surface area contributed by atoms with Gasteiger partial charge >= 0.3 is 5.97 Å². The van der Waals surface area contributed by atoms with E-state index >= 15 is 0 Å². The number of carboxylic acids is 1. The minimum atomic E-state index is -1.21. The summed E-state index contributed by atoms with van der Waals surface area (Å²) in [4.78, 5) is 10.9. The Morgan fingerprint density at radius 2 is 2.28 bits per heavy atom. The fourth-order valence-corrected chi connectivity index (χ4v) is 1.49. The maximum atomic E-state index is 13.6. The molecule has 1 aromatic heterocycles. The first-order valence-corrected chi connectivity index (χ1v) is 5.06. The molecule has 0 amide bonds. The highest BCUT2D eigenvalue weighted by Crippen LogP contribution is 2.24. The van der Waals surface area contributed by atoms with Crippen LogP contribution in [0.3, 0.4) is 0 Å². The van der Waals surface area contributed by atoms with E-state index in [4.69, 9.17) is 10.8 Å². The van der Waals surface area contributed by atoms with E-state index in [-0.39, 0.29) is 16.9 Å². The molecular weight excluding hydrogens is 239 g/mol. The van der Waals surface area contributed by atoms with Crippen LogP contribution in [0.2, 0.25) is 0 Å². The van der Waals surface area contributed by atoms with E-state index in [0.717, 1.165) is 12.1 Å². The minimum Gasteiger partial charge on any atom is -0.478 e. The maximum absolute atomic E-state index is 13.6. The van der Waals surface area contributed by atoms with Gasteiger partial charge in [0.25, 0.3) is 0 Å². The first-order valence-electron chi connectivity index (χ1n) is 5.06. The highest BCUT2D eigenvalue weighted by atomic mass is 19.1. The van der Waals surface area contributed by atoms with Crippen LogP contribution in [0.1, 0.15) is 10.4 Å². The summed E-state index contributed by atoms with van der Waals surface area (Å²) in [6.07, 6.45) is 1.68. The summed E-state index contributed by atoms with van der Waals surface area (Å²) in [5.74, 6) is -1.43. The van der Waals surface area contributed by atoms with Gasteiger partial charge in [-0.1, -0.05) is 0 Å². The van der Waals surface area contributed by atoms with E-state index in [1.54, 1.807) is 19.3 Å². The zero-order valence-corrected chi connectivity index (χ0v) is 9.51. The zero-order chi connectivity index (χ0) is 13.3. The first-order chi connectivity index (χ1) is 8.47. The number of halogens is 1. The Balaban J connectivity index is 2.38. The van der Waals surface area contributed by atoms with Crippen LogP contribution in [0.15, 0.2) is 24.4 Å². The second-order valence-electron chi connectivity index (χ2n) is 3.72. The summed E-state index contributed by atoms with van der Waals surface area (Å²) in [5, 5.41) is 15.6. The number of benzene rings is 1. The summed E-state index contributed by atoms with van der Waals surface area (Å²) in [6.45, 7) is 0. The number of nitrogen functional groups attached to an aromatic ring is 1. The van der Waals surface area contributed by atoms with Crippen molar-refractivity contribution in [3.05, 3.63) is 35.8 Å². The SMILES string of the molecule is Cn1ccc(Nc2cc(C(=O)O)c(N)cc2F)n1. The monoisotopic (exact) mass is 250 g/mol. The first kappa shape index (κ1) is 11.9. The molecule has 7 heteroatoms. The van der Waals surface area contributed by atoms with E-state index in [9.17, 15) is 9.18 Å². The molecular formula is C11H11FN4O2. The Bertz CT molecular complexity index is 609. The summed E-state index contributed by atoms with van der Waals surface area (Å²) in [5.41, 5.74) is 5.16. The van der Waals surface area contributed by atoms with Crippen molar-refractivity contribution in [2.45, 2.75) is 0 Å². The Kier molecular flexibility index (Phi) is 2.88. The Morgan fingerprint density at radius 3 is 2.83 bits per heavy atom. The van der Waals surface area contributed by atoms with Gasteiger partial charge < -0.3 is 16.2 Å². The fourth-order valence-electron chi connectivity index (χ4n) is 1.49. The molecule has 0 aliphatic carbocycles. The van der Waals surface area contributed by atoms with Crippen LogP contribution < -0.4 is 11.1 Å². The molecule has 2 aromatic rings. The average molecular weight is 250 g/mol. The van der Waals surface area contributed by atoms with Crippen LogP contribution in [0.5, 0.6) is 0 Å². The smallest absolute Gasteiger partial charge is 0.337 e. The van der Waals surface area contributed by atoms with Crippen LogP contribution in [-0.4, -0.2) is 20.9 Å². The number of aromatic nitrogens is 2. The largest absolute Gasteiger partial charge is 0.478 e. The molecule has 0 aliphatic rings. The number of nitrogens with two attached hydrogens (primary N) is 1. The van der Waals surface area contributed by atoms with Gasteiger partial charge in [0.05, 0.1) is 11.3 Å². The van der Waals surface area contributed by atoms with Gasteiger partial charge in [-0.2, -0.15) is 5.10 Å². The number of nitrogens with one attached hydrogen (secondary N) is 1. The van der Waals surface area contributed by atoms with Crippen molar-refractivity contribution in [3.63, 3.8) is 0 Å². The van der Waals surface area contributed by atoms with Crippen LogP contribution >= 0.6 is 0 Å². The number of nitrogens with zero attached hydrogens (tertiary/aromatic N) is 2. The second-order valence-corrected chi connectivity index (χ2v) is 3.72. The highest BCUT2D eigenvalue weighted by Gasteiger charge is 2.13. The number of hydrogen-bond acceptors (Lipinski definition) is 4. The number of hydrogen-bond donors (Lipinski definition) is 3. The highest BCUT2D eigenvalue weighted by molar-refractivity contribution is 5.95. The summed E-state index contributed by atoms with van der Waals surface area (Å²) < 4.78 is 15.2. The molecule has 0 atom stereocenters. The Labute approximate surface area is 102 Å². The molecule has 1 heterocycles. The zero-order valence-electron chi connectivity index (χ0n) is 9.51. The molecule has 18 heavy (non-hydrogen) atoms. The van der Waals surface area contributed by atoms with Crippen LogP contribution in [0.4, 0.5) is 21.6 Å². The maximum Gasteiger partial charge on any atom is 0.337 e. The summed E-state index contributed by atoms with van der Waals surface area (Å²) in [7, 11) is 1.72. The van der Waals surface area contributed by atoms with Gasteiger partial charge in [0.1, 0.15) is 5.82 Å². The lowest BCUT2D eigenvalue weighted by atomic mass is 10.1. The minimum absolute atomic E-state index is 0.0142. The van der Waals surface area contributed by atoms with E-state index in [1.807, 2.05) is 0 Å². The normalized spacial score (nSPS) is 10.3. The second kappa shape index (κ2) is 4.36. The molecule has 0 saturated heterocycles. The van der Waals surface area contributed by atoms with Crippen molar-refractivity contribution in [2.24, 2.45) is 7.05 Å². The molecule has 94 valence electrons. The van der Waals surface area contributed by atoms with Crippen molar-refractivity contribution in [3.8, 4) is 0 Å². The van der Waals surface area contributed by atoms with Gasteiger partial charge in [-0.15, -0.1) is 0 Å². The number of anilines is 3. The quantitative estimate of drug-likeness (QED) is 0.719. The summed E-state index contributed by atoms with van der Waals surface area (Å²) in [6, 6.07) is 3.74. The Hall–Kier alpha value is -2.57. The van der Waals surface area contributed by atoms with Gasteiger partial charge in [-0.25, -0.2) is 9.18 Å². The molecule has 1 aromatic carbocycles. The molecule has 6 nitrogen and oxygen atoms in total. The van der Waals surface area contributed by atoms with Crippen molar-refractivity contribution in [2.75, 3.05) is 11.1 Å². The standard InChI is InChI=1S/C11H11FN4O2/c1-16-3-2-10(15-16)14-9-4-6(11(17)18)8(13)5-7(9)12/h2-5H,13H2,1H3,(H,14,15)(H,17,18). The van der Waals surface area contributed by atoms with Gasteiger partial charge in [0.2, 0.25) is 0 Å². The third kappa shape index (κ3) is 2.24. The molecule has 0 unspecified atom stereocenters. The predicted molar refractivity (Wildman–Crippen MR) is 64.3 cm³/mol. The van der Waals surface area contributed by atoms with Gasteiger partial charge in [-0.3, -0.25) is 4.68 Å². The number of carboxylic acid groups (broad SMARTS) is 1. The van der Waals surface area contributed by atoms with Gasteiger partial charge in [-0.05, 0) is 12.1 Å². The predicted octanol–water partition coefficient (Wildman–Crippen LogP) is 1.58. The molecule has 0 saturated carbocycles. The van der Waals surface area contributed by atoms with Crippen LogP contribution in [0, 0.1) is 5.82 Å². The molecule has 0 spiro atoms. The lowest BCUT2D eigenvalue weighted by Gasteiger charge is -2.08. The van der Waals surface area contributed by atoms with Gasteiger partial charge in [0, 0.05) is 25.0 Å². The van der Waals surface area contributed by atoms with Crippen molar-refractivity contribution in [1.82, 2.24) is 9.78 Å². The average Bonchev–Trinajstić information content (AvgIpc) is 2.67.